The summed E-state index contributed by atoms with van der Waals surface area (Å²) in [5, 5.41) is 15.2. The number of nitrogens with two attached hydrogens (primary N) is 1. The molecule has 1 aromatic heterocycles. The third kappa shape index (κ3) is 3.68. The minimum absolute atomic E-state index is 0.0468. The quantitative estimate of drug-likeness (QED) is 0.296. The maximum absolute atomic E-state index is 8.76. The van der Waals surface area contributed by atoms with E-state index < -0.39 is 0 Å². The number of nitrogens with one attached hydrogen (secondary N) is 1. The molecule has 0 spiro atoms. The molecule has 1 heterocycles. The highest BCUT2D eigenvalue weighted by Gasteiger charge is 2.28. The number of pyridine rings is 1. The van der Waals surface area contributed by atoms with Gasteiger partial charge in [-0.2, -0.15) is 0 Å². The molecule has 0 amide bonds. The summed E-state index contributed by atoms with van der Waals surface area (Å²) in [5.74, 6) is 0.0468. The van der Waals surface area contributed by atoms with Gasteiger partial charge in [0, 0.05) is 31.4 Å². The van der Waals surface area contributed by atoms with E-state index >= 15 is 0 Å². The molecule has 6 nitrogen and oxygen atoms in total. The lowest BCUT2D eigenvalue weighted by atomic mass is 10.1. The van der Waals surface area contributed by atoms with Crippen molar-refractivity contribution in [2.75, 3.05) is 13.6 Å². The number of amidine groups is 1. The van der Waals surface area contributed by atoms with Crippen molar-refractivity contribution in [2.24, 2.45) is 10.9 Å². The summed E-state index contributed by atoms with van der Waals surface area (Å²) in [6.45, 7) is 3.78. The van der Waals surface area contributed by atoms with E-state index in [4.69, 9.17) is 10.9 Å². The Labute approximate surface area is 119 Å². The molecule has 20 heavy (non-hydrogen) atoms. The lowest BCUT2D eigenvalue weighted by Crippen LogP contribution is -2.39. The first kappa shape index (κ1) is 14.7. The Bertz CT molecular complexity index is 472. The van der Waals surface area contributed by atoms with E-state index in [1.807, 2.05) is 12.1 Å². The molecule has 0 aliphatic heterocycles. The summed E-state index contributed by atoms with van der Waals surface area (Å²) < 4.78 is 0. The van der Waals surface area contributed by atoms with Crippen LogP contribution in [0.1, 0.15) is 31.0 Å². The lowest BCUT2D eigenvalue weighted by molar-refractivity contribution is 0.241. The van der Waals surface area contributed by atoms with Crippen molar-refractivity contribution in [1.82, 2.24) is 15.2 Å². The van der Waals surface area contributed by atoms with E-state index in [1.165, 1.54) is 12.8 Å². The second-order valence-corrected chi connectivity index (χ2v) is 5.37. The highest BCUT2D eigenvalue weighted by molar-refractivity contribution is 5.96. The Morgan fingerprint density at radius 2 is 2.40 bits per heavy atom. The molecular weight excluding hydrogens is 254 g/mol. The first-order chi connectivity index (χ1) is 9.63. The summed E-state index contributed by atoms with van der Waals surface area (Å²) in [5.41, 5.74) is 7.09. The first-order valence-corrected chi connectivity index (χ1v) is 6.98. The van der Waals surface area contributed by atoms with E-state index in [0.717, 1.165) is 18.2 Å². The number of aromatic nitrogens is 1. The Hall–Kier alpha value is -1.66. The maximum Gasteiger partial charge on any atom is 0.189 e. The summed E-state index contributed by atoms with van der Waals surface area (Å²) in [7, 11) is 2.18. The van der Waals surface area contributed by atoms with Crippen LogP contribution in [0.25, 0.3) is 0 Å². The Morgan fingerprint density at radius 1 is 1.65 bits per heavy atom. The molecule has 1 aliphatic rings. The number of likely N-dealkylation sites (N-methyl/N-ethyl adjacent to an activating group) is 1. The van der Waals surface area contributed by atoms with Gasteiger partial charge in [0.15, 0.2) is 5.84 Å². The van der Waals surface area contributed by atoms with Crippen LogP contribution in [0.4, 0.5) is 0 Å². The SMILES string of the molecule is CC(CNCc1cccnc1/C(N)=N/O)N(C)C1CC1. The van der Waals surface area contributed by atoms with Gasteiger partial charge in [-0.1, -0.05) is 11.2 Å². The monoisotopic (exact) mass is 277 g/mol. The van der Waals surface area contributed by atoms with Crippen LogP contribution in [0.2, 0.25) is 0 Å². The predicted octanol–water partition coefficient (Wildman–Crippen LogP) is 0.748. The molecule has 0 aromatic carbocycles. The van der Waals surface area contributed by atoms with Gasteiger partial charge in [-0.15, -0.1) is 0 Å². The molecule has 4 N–H and O–H groups in total. The second kappa shape index (κ2) is 6.67. The lowest BCUT2D eigenvalue weighted by Gasteiger charge is -2.24. The van der Waals surface area contributed by atoms with Crippen LogP contribution in [0.5, 0.6) is 0 Å². The maximum atomic E-state index is 8.76. The number of oxime groups is 1. The summed E-state index contributed by atoms with van der Waals surface area (Å²) in [6, 6.07) is 5.04. The van der Waals surface area contributed by atoms with Crippen LogP contribution in [-0.4, -0.2) is 46.6 Å². The smallest absolute Gasteiger partial charge is 0.189 e. The van der Waals surface area contributed by atoms with E-state index in [2.05, 4.69) is 34.3 Å². The van der Waals surface area contributed by atoms with Crippen molar-refractivity contribution < 1.29 is 5.21 Å². The fraction of sp³-hybridized carbons (Fsp3) is 0.571. The van der Waals surface area contributed by atoms with Gasteiger partial charge in [0.1, 0.15) is 5.69 Å². The molecule has 1 fully saturated rings. The van der Waals surface area contributed by atoms with Gasteiger partial charge in [-0.25, -0.2) is 0 Å². The molecule has 0 saturated heterocycles. The minimum Gasteiger partial charge on any atom is -0.409 e. The van der Waals surface area contributed by atoms with Crippen LogP contribution < -0.4 is 11.1 Å². The minimum atomic E-state index is 0.0468. The van der Waals surface area contributed by atoms with E-state index in [1.54, 1.807) is 6.20 Å². The zero-order chi connectivity index (χ0) is 14.5. The normalized spacial score (nSPS) is 17.4. The molecular formula is C14H23N5O. The van der Waals surface area contributed by atoms with Gasteiger partial charge < -0.3 is 16.3 Å². The van der Waals surface area contributed by atoms with Crippen molar-refractivity contribution in [2.45, 2.75) is 38.4 Å². The Balaban J connectivity index is 1.87. The summed E-state index contributed by atoms with van der Waals surface area (Å²) in [4.78, 5) is 6.57. The predicted molar refractivity (Wildman–Crippen MR) is 78.7 cm³/mol. The van der Waals surface area contributed by atoms with Gasteiger partial charge in [0.25, 0.3) is 0 Å². The molecule has 6 heteroatoms. The van der Waals surface area contributed by atoms with Gasteiger partial charge in [0.2, 0.25) is 0 Å². The van der Waals surface area contributed by atoms with E-state index in [9.17, 15) is 0 Å². The Morgan fingerprint density at radius 3 is 3.05 bits per heavy atom. The molecule has 0 radical (unpaired) electrons. The molecule has 0 bridgehead atoms. The van der Waals surface area contributed by atoms with Crippen LogP contribution in [0.15, 0.2) is 23.5 Å². The molecule has 1 saturated carbocycles. The number of rotatable bonds is 7. The third-order valence-electron chi connectivity index (χ3n) is 3.81. The Kier molecular flexibility index (Phi) is 4.92. The largest absolute Gasteiger partial charge is 0.409 e. The van der Waals surface area contributed by atoms with E-state index in [-0.39, 0.29) is 5.84 Å². The topological polar surface area (TPSA) is 86.8 Å². The third-order valence-corrected chi connectivity index (χ3v) is 3.81. The molecule has 1 aliphatic carbocycles. The number of hydrogen-bond donors (Lipinski definition) is 3. The number of nitrogens with zero attached hydrogens (tertiary/aromatic N) is 3. The van der Waals surface area contributed by atoms with Crippen molar-refractivity contribution >= 4 is 5.84 Å². The second-order valence-electron chi connectivity index (χ2n) is 5.37. The van der Waals surface area contributed by atoms with E-state index in [0.29, 0.717) is 18.3 Å². The fourth-order valence-electron chi connectivity index (χ4n) is 2.26. The first-order valence-electron chi connectivity index (χ1n) is 6.98. The molecule has 1 unspecified atom stereocenters. The van der Waals surface area contributed by atoms with Crippen molar-refractivity contribution in [3.63, 3.8) is 0 Å². The van der Waals surface area contributed by atoms with Crippen LogP contribution in [0, 0.1) is 0 Å². The van der Waals surface area contributed by atoms with Crippen molar-refractivity contribution in [3.05, 3.63) is 29.6 Å². The van der Waals surface area contributed by atoms with Gasteiger partial charge >= 0.3 is 0 Å². The highest BCUT2D eigenvalue weighted by atomic mass is 16.4. The average Bonchev–Trinajstić information content (AvgIpc) is 3.30. The van der Waals surface area contributed by atoms with Crippen molar-refractivity contribution in [1.29, 1.82) is 0 Å². The standard InChI is InChI=1S/C14H23N5O/c1-10(19(2)12-5-6-12)8-16-9-11-4-3-7-17-13(11)14(15)18-20/h3-4,7,10,12,16,20H,5-6,8-9H2,1-2H3,(H2,15,18). The van der Waals surface area contributed by atoms with Gasteiger partial charge in [0.05, 0.1) is 0 Å². The highest BCUT2D eigenvalue weighted by Crippen LogP contribution is 2.26. The summed E-state index contributed by atoms with van der Waals surface area (Å²) >= 11 is 0. The van der Waals surface area contributed by atoms with Crippen LogP contribution in [-0.2, 0) is 6.54 Å². The summed E-state index contributed by atoms with van der Waals surface area (Å²) in [6.07, 6.45) is 4.27. The molecule has 2 rings (SSSR count). The number of hydrogen-bond acceptors (Lipinski definition) is 5. The van der Waals surface area contributed by atoms with Gasteiger partial charge in [-0.3, -0.25) is 9.88 Å². The molecule has 1 atom stereocenters. The molecule has 1 aromatic rings. The van der Waals surface area contributed by atoms with Crippen molar-refractivity contribution in [3.8, 4) is 0 Å². The van der Waals surface area contributed by atoms with Crippen LogP contribution in [0.3, 0.4) is 0 Å². The van der Waals surface area contributed by atoms with Gasteiger partial charge in [-0.05, 0) is 38.4 Å². The fourth-order valence-corrected chi connectivity index (χ4v) is 2.26. The zero-order valence-electron chi connectivity index (χ0n) is 12.1. The zero-order valence-corrected chi connectivity index (χ0v) is 12.1. The average molecular weight is 277 g/mol. The van der Waals surface area contributed by atoms with Crippen LogP contribution >= 0.6 is 0 Å². The molecule has 110 valence electrons.